The molecule has 1 aliphatic heterocycles. The standard InChI is InChI=1S/C8H15Cl2N2O3P/c9-2-5-12(6-3-10)4-1-7-15-16(12,14)8(11)13/h1-7H2,(H-,11,13)/p+1. The van der Waals surface area contributed by atoms with Crippen molar-refractivity contribution in [2.24, 2.45) is 5.73 Å². The lowest BCUT2D eigenvalue weighted by atomic mass is 10.4. The minimum atomic E-state index is -3.55. The quantitative estimate of drug-likeness (QED) is 0.621. The zero-order valence-corrected chi connectivity index (χ0v) is 11.3. The Labute approximate surface area is 105 Å². The minimum Gasteiger partial charge on any atom is -0.356 e. The van der Waals surface area contributed by atoms with Crippen molar-refractivity contribution in [1.82, 2.24) is 0 Å². The number of carbonyl (C=O) groups is 1. The van der Waals surface area contributed by atoms with E-state index in [0.29, 0.717) is 26.2 Å². The number of carbonyl (C=O) groups excluding carboxylic acids is 1. The summed E-state index contributed by atoms with van der Waals surface area (Å²) in [6, 6.07) is 0. The normalized spacial score (nSPS) is 28.9. The number of nitrogens with two attached hydrogens (primary N) is 1. The monoisotopic (exact) mass is 289 g/mol. The summed E-state index contributed by atoms with van der Waals surface area (Å²) in [6.07, 6.45) is 0.727. The van der Waals surface area contributed by atoms with E-state index in [2.05, 4.69) is 0 Å². The van der Waals surface area contributed by atoms with Gasteiger partial charge in [0.1, 0.15) is 0 Å². The molecule has 94 valence electrons. The average Bonchev–Trinajstić information content (AvgIpc) is 2.23. The molecule has 5 nitrogen and oxygen atoms in total. The summed E-state index contributed by atoms with van der Waals surface area (Å²) in [5.41, 5.74) is 4.32. The van der Waals surface area contributed by atoms with Crippen LogP contribution in [0.15, 0.2) is 0 Å². The van der Waals surface area contributed by atoms with Crippen LogP contribution in [0.2, 0.25) is 0 Å². The van der Waals surface area contributed by atoms with Crippen molar-refractivity contribution >= 4 is 36.4 Å². The predicted molar refractivity (Wildman–Crippen MR) is 64.1 cm³/mol. The molecule has 1 unspecified atom stereocenters. The largest absolute Gasteiger partial charge is 0.469 e. The van der Waals surface area contributed by atoms with E-state index in [0.717, 1.165) is 6.42 Å². The van der Waals surface area contributed by atoms with Gasteiger partial charge >= 0.3 is 13.2 Å². The van der Waals surface area contributed by atoms with E-state index in [9.17, 15) is 9.36 Å². The molecule has 1 atom stereocenters. The first kappa shape index (κ1) is 14.3. The fourth-order valence-electron chi connectivity index (χ4n) is 1.99. The topological polar surface area (TPSA) is 69.4 Å². The fraction of sp³-hybridized carbons (Fsp3) is 0.875. The Balaban J connectivity index is 3.09. The second-order valence-electron chi connectivity index (χ2n) is 3.69. The van der Waals surface area contributed by atoms with Gasteiger partial charge in [-0.1, -0.05) is 0 Å². The summed E-state index contributed by atoms with van der Waals surface area (Å²) in [4.78, 5) is 11.4. The van der Waals surface area contributed by atoms with E-state index in [1.807, 2.05) is 0 Å². The number of nitrogens with zero attached hydrogens (tertiary/aromatic N) is 1. The van der Waals surface area contributed by atoms with Gasteiger partial charge in [-0.25, -0.2) is 4.57 Å². The van der Waals surface area contributed by atoms with Crippen LogP contribution in [-0.4, -0.2) is 47.9 Å². The molecule has 0 aromatic carbocycles. The van der Waals surface area contributed by atoms with E-state index in [1.54, 1.807) is 0 Å². The number of halogens is 2. The lowest BCUT2D eigenvalue weighted by Crippen LogP contribution is -2.53. The van der Waals surface area contributed by atoms with E-state index in [-0.39, 0.29) is 16.0 Å². The van der Waals surface area contributed by atoms with Gasteiger partial charge in [0.05, 0.1) is 38.0 Å². The summed E-state index contributed by atoms with van der Waals surface area (Å²) in [5, 5.41) is 0. The Bertz CT molecular complexity index is 302. The van der Waals surface area contributed by atoms with Gasteiger partial charge < -0.3 is 5.73 Å². The zero-order valence-electron chi connectivity index (χ0n) is 8.90. The third kappa shape index (κ3) is 2.39. The van der Waals surface area contributed by atoms with E-state index in [1.165, 1.54) is 0 Å². The summed E-state index contributed by atoms with van der Waals surface area (Å²) in [7, 11) is -3.55. The SMILES string of the molecule is NC(=O)P1(=O)OCCC[N+]1(CCCl)CCCl. The van der Waals surface area contributed by atoms with E-state index >= 15 is 0 Å². The number of hydrogen-bond acceptors (Lipinski definition) is 3. The first-order valence-electron chi connectivity index (χ1n) is 5.05. The van der Waals surface area contributed by atoms with Crippen LogP contribution in [-0.2, 0) is 9.09 Å². The molecule has 1 heterocycles. The summed E-state index contributed by atoms with van der Waals surface area (Å²) in [6.45, 7) is 1.63. The highest BCUT2D eigenvalue weighted by molar-refractivity contribution is 7.70. The molecule has 0 saturated carbocycles. The second kappa shape index (κ2) is 5.69. The first-order chi connectivity index (χ1) is 7.52. The van der Waals surface area contributed by atoms with Gasteiger partial charge in [0.2, 0.25) is 0 Å². The maximum atomic E-state index is 12.5. The Morgan fingerprint density at radius 2 is 1.94 bits per heavy atom. The predicted octanol–water partition coefficient (Wildman–Crippen LogP) is 1.97. The number of primary amides is 1. The van der Waals surface area contributed by atoms with Crippen molar-refractivity contribution in [3.05, 3.63) is 0 Å². The molecule has 1 saturated heterocycles. The average molecular weight is 290 g/mol. The maximum absolute atomic E-state index is 12.5. The van der Waals surface area contributed by atoms with Crippen molar-refractivity contribution < 1.29 is 18.1 Å². The molecule has 0 spiro atoms. The number of hydrogen-bond donors (Lipinski definition) is 1. The molecular formula is C8H16Cl2N2O3P+. The third-order valence-corrected chi connectivity index (χ3v) is 5.97. The minimum absolute atomic E-state index is 0.00463. The van der Waals surface area contributed by atoms with Crippen LogP contribution in [0, 0.1) is 0 Å². The Morgan fingerprint density at radius 3 is 2.38 bits per heavy atom. The smallest absolute Gasteiger partial charge is 0.356 e. The van der Waals surface area contributed by atoms with Crippen molar-refractivity contribution in [3.63, 3.8) is 0 Å². The molecule has 1 fully saturated rings. The van der Waals surface area contributed by atoms with Crippen LogP contribution < -0.4 is 5.73 Å². The molecule has 8 heteroatoms. The van der Waals surface area contributed by atoms with Gasteiger partial charge in [0, 0.05) is 6.42 Å². The van der Waals surface area contributed by atoms with Gasteiger partial charge in [-0.3, -0.25) is 13.6 Å². The Hall–Kier alpha value is 0.200. The number of rotatable bonds is 5. The zero-order chi connectivity index (χ0) is 12.2. The third-order valence-electron chi connectivity index (χ3n) is 2.82. The lowest BCUT2D eigenvalue weighted by Gasteiger charge is -2.43. The second-order valence-corrected chi connectivity index (χ2v) is 7.03. The van der Waals surface area contributed by atoms with Crippen molar-refractivity contribution in [2.75, 3.05) is 38.0 Å². The van der Waals surface area contributed by atoms with Crippen molar-refractivity contribution in [3.8, 4) is 0 Å². The number of quaternary nitrogens is 1. The van der Waals surface area contributed by atoms with Crippen LogP contribution >= 0.6 is 30.7 Å². The van der Waals surface area contributed by atoms with Crippen molar-refractivity contribution in [2.45, 2.75) is 6.42 Å². The molecular weight excluding hydrogens is 274 g/mol. The molecule has 0 aromatic rings. The summed E-state index contributed by atoms with van der Waals surface area (Å²) in [5.74, 6) is 0.578. The Kier molecular flexibility index (Phi) is 5.08. The van der Waals surface area contributed by atoms with Gasteiger partial charge in [-0.2, -0.15) is 0 Å². The molecule has 1 rings (SSSR count). The molecule has 1 amide bonds. The molecule has 1 aliphatic rings. The van der Waals surface area contributed by atoms with E-state index < -0.39 is 13.2 Å². The van der Waals surface area contributed by atoms with Crippen LogP contribution in [0.25, 0.3) is 0 Å². The first-order valence-corrected chi connectivity index (χ1v) is 7.70. The van der Waals surface area contributed by atoms with Crippen LogP contribution in [0.5, 0.6) is 0 Å². The van der Waals surface area contributed by atoms with Gasteiger partial charge in [-0.05, 0) is 0 Å². The Morgan fingerprint density at radius 1 is 1.38 bits per heavy atom. The van der Waals surface area contributed by atoms with Gasteiger partial charge in [-0.15, -0.1) is 23.2 Å². The summed E-state index contributed by atoms with van der Waals surface area (Å²) < 4.78 is 17.7. The number of alkyl halides is 2. The lowest BCUT2D eigenvalue weighted by molar-refractivity contribution is -0.816. The molecule has 0 aromatic heterocycles. The highest BCUT2D eigenvalue weighted by Gasteiger charge is 2.55. The highest BCUT2D eigenvalue weighted by atomic mass is 35.5. The molecule has 16 heavy (non-hydrogen) atoms. The van der Waals surface area contributed by atoms with Gasteiger partial charge in [0.25, 0.3) is 0 Å². The maximum Gasteiger partial charge on any atom is 0.469 e. The summed E-state index contributed by atoms with van der Waals surface area (Å²) >= 11 is 11.4. The molecule has 0 aliphatic carbocycles. The van der Waals surface area contributed by atoms with E-state index in [4.69, 9.17) is 33.5 Å². The molecule has 2 N–H and O–H groups in total. The van der Waals surface area contributed by atoms with Crippen LogP contribution in [0.1, 0.15) is 6.42 Å². The highest BCUT2D eigenvalue weighted by Crippen LogP contribution is 2.59. The number of amides is 1. The van der Waals surface area contributed by atoms with Crippen molar-refractivity contribution in [1.29, 1.82) is 0 Å². The molecule has 0 bridgehead atoms. The van der Waals surface area contributed by atoms with Gasteiger partial charge in [0.15, 0.2) is 0 Å². The van der Waals surface area contributed by atoms with Crippen LogP contribution in [0.3, 0.4) is 0 Å². The fourth-order valence-corrected chi connectivity index (χ4v) is 5.17. The van der Waals surface area contributed by atoms with Crippen LogP contribution in [0.4, 0.5) is 4.79 Å². The molecule has 0 radical (unpaired) electrons.